The highest BCUT2D eigenvalue weighted by Gasteiger charge is 2.44. The second kappa shape index (κ2) is 17.9. The van der Waals surface area contributed by atoms with E-state index in [1.165, 1.54) is 61.5 Å². The van der Waals surface area contributed by atoms with Crippen LogP contribution in [-0.2, 0) is 30.9 Å². The third kappa shape index (κ3) is 8.36. The van der Waals surface area contributed by atoms with Gasteiger partial charge in [0.25, 0.3) is 0 Å². The van der Waals surface area contributed by atoms with Gasteiger partial charge in [-0.15, -0.1) is 11.3 Å². The fourth-order valence-electron chi connectivity index (χ4n) is 10.5. The molecule has 4 N–H and O–H groups in total. The van der Waals surface area contributed by atoms with Crippen LogP contribution in [0.25, 0.3) is 32.3 Å². The number of thiophene rings is 1. The topological polar surface area (TPSA) is 175 Å². The minimum atomic E-state index is -0.697. The number of fused-ring (bicyclic) bond motifs is 2. The zero-order chi connectivity index (χ0) is 43.9. The number of amides is 4. The van der Waals surface area contributed by atoms with Gasteiger partial charge in [-0.05, 0) is 128 Å². The summed E-state index contributed by atoms with van der Waals surface area (Å²) in [5, 5.41) is 5.48. The van der Waals surface area contributed by atoms with Gasteiger partial charge in [0.15, 0.2) is 0 Å². The Bertz CT molecular complexity index is 2290. The number of alkyl carbamates (subject to hydrolysis) is 2. The maximum absolute atomic E-state index is 13.9. The van der Waals surface area contributed by atoms with E-state index in [4.69, 9.17) is 19.4 Å². The van der Waals surface area contributed by atoms with Crippen molar-refractivity contribution in [1.82, 2.24) is 40.4 Å². The molecule has 4 aromatic rings. The number of benzene rings is 1. The third-order valence-corrected chi connectivity index (χ3v) is 15.1. The van der Waals surface area contributed by atoms with Crippen LogP contribution in [0, 0.1) is 17.8 Å². The lowest BCUT2D eigenvalue weighted by Crippen LogP contribution is -2.51. The largest absolute Gasteiger partial charge is 0.453 e. The van der Waals surface area contributed by atoms with Crippen LogP contribution < -0.4 is 10.6 Å². The van der Waals surface area contributed by atoms with Crippen LogP contribution >= 0.6 is 11.3 Å². The quantitative estimate of drug-likeness (QED) is 0.116. The van der Waals surface area contributed by atoms with E-state index in [1.54, 1.807) is 11.3 Å². The number of carbonyl (C=O) groups excluding carboxylic acids is 4. The molecule has 3 aromatic heterocycles. The first-order chi connectivity index (χ1) is 29.8. The molecule has 0 radical (unpaired) electrons. The molecule has 1 spiro atoms. The third-order valence-electron chi connectivity index (χ3n) is 14.0. The van der Waals surface area contributed by atoms with Crippen molar-refractivity contribution in [1.29, 1.82) is 0 Å². The molecule has 2 saturated heterocycles. The van der Waals surface area contributed by atoms with Gasteiger partial charge in [0.2, 0.25) is 11.8 Å². The monoisotopic (exact) mass is 866 g/mol. The summed E-state index contributed by atoms with van der Waals surface area (Å²) in [7, 11) is 2.61. The number of nitrogens with zero attached hydrogens (tertiary/aromatic N) is 4. The molecule has 3 fully saturated rings. The molecule has 4 amide bonds. The van der Waals surface area contributed by atoms with E-state index in [1.807, 2.05) is 49.9 Å². The van der Waals surface area contributed by atoms with Crippen molar-refractivity contribution in [2.24, 2.45) is 17.8 Å². The first kappa shape index (κ1) is 43.5. The molecule has 62 heavy (non-hydrogen) atoms. The second-order valence-corrected chi connectivity index (χ2v) is 19.7. The number of rotatable bonds is 11. The molecule has 4 atom stereocenters. The van der Waals surface area contributed by atoms with Gasteiger partial charge in [0.1, 0.15) is 23.7 Å². The number of nitrogens with one attached hydrogen (secondary N) is 4. The van der Waals surface area contributed by atoms with Crippen molar-refractivity contribution >= 4 is 35.3 Å². The van der Waals surface area contributed by atoms with E-state index < -0.39 is 24.3 Å². The fourth-order valence-corrected chi connectivity index (χ4v) is 11.5. The highest BCUT2D eigenvalue weighted by atomic mass is 32.1. The van der Waals surface area contributed by atoms with E-state index >= 15 is 0 Å². The molecule has 5 heterocycles. The lowest BCUT2D eigenvalue weighted by atomic mass is 9.66. The van der Waals surface area contributed by atoms with Crippen molar-refractivity contribution < 1.29 is 28.7 Å². The summed E-state index contributed by atoms with van der Waals surface area (Å²) in [6.07, 6.45) is 12.9. The lowest BCUT2D eigenvalue weighted by Gasteiger charge is -2.38. The molecule has 14 nitrogen and oxygen atoms in total. The van der Waals surface area contributed by atoms with Crippen LogP contribution in [0.4, 0.5) is 9.59 Å². The van der Waals surface area contributed by atoms with Crippen LogP contribution in [0.2, 0.25) is 0 Å². The maximum Gasteiger partial charge on any atom is 0.407 e. The summed E-state index contributed by atoms with van der Waals surface area (Å²) >= 11 is 1.76. The van der Waals surface area contributed by atoms with E-state index in [0.29, 0.717) is 13.1 Å². The van der Waals surface area contributed by atoms with Crippen molar-refractivity contribution in [2.45, 2.75) is 128 Å². The number of likely N-dealkylation sites (tertiary alicyclic amines) is 2. The van der Waals surface area contributed by atoms with Gasteiger partial charge in [-0.3, -0.25) is 9.59 Å². The average molecular weight is 867 g/mol. The van der Waals surface area contributed by atoms with Crippen LogP contribution in [0.3, 0.4) is 0 Å². The SMILES string of the molecule is COC(=O)N[C@H](C(=O)N1CCC[C@H]1c1ncc(-c2cc3c(c(-c4ccc(-c5cnc([C@@H]6CCCN6C(=O)[C@@H](NC(=O)OC)C(C)C)[nH]5)s4)c2)C2(CC3)CCC(C)CC2)[nH]1)C(C)C. The summed E-state index contributed by atoms with van der Waals surface area (Å²) < 4.78 is 9.65. The van der Waals surface area contributed by atoms with Crippen LogP contribution in [0.5, 0.6) is 0 Å². The van der Waals surface area contributed by atoms with E-state index in [-0.39, 0.29) is 41.1 Å². The first-order valence-corrected chi connectivity index (χ1v) is 23.3. The summed E-state index contributed by atoms with van der Waals surface area (Å²) in [5.74, 6) is 1.75. The molecule has 0 bridgehead atoms. The van der Waals surface area contributed by atoms with E-state index in [2.05, 4.69) is 51.8 Å². The Hall–Kier alpha value is -5.18. The number of aromatic nitrogens is 4. The second-order valence-electron chi connectivity index (χ2n) is 18.6. The number of imidazole rings is 2. The number of aromatic amines is 2. The lowest BCUT2D eigenvalue weighted by molar-refractivity contribution is -0.136. The average Bonchev–Trinajstić information content (AvgIpc) is 4.13. The molecular weight excluding hydrogens is 805 g/mol. The highest BCUT2D eigenvalue weighted by molar-refractivity contribution is 7.18. The predicted molar refractivity (Wildman–Crippen MR) is 238 cm³/mol. The fraction of sp³-hybridized carbons (Fsp3) is 0.574. The molecule has 2 aliphatic carbocycles. The Kier molecular flexibility index (Phi) is 12.5. The summed E-state index contributed by atoms with van der Waals surface area (Å²) in [5.41, 5.74) is 7.24. The van der Waals surface area contributed by atoms with Gasteiger partial charge >= 0.3 is 12.2 Å². The van der Waals surface area contributed by atoms with E-state index in [0.717, 1.165) is 77.9 Å². The Morgan fingerprint density at radius 2 is 1.29 bits per heavy atom. The van der Waals surface area contributed by atoms with Crippen molar-refractivity contribution in [3.63, 3.8) is 0 Å². The van der Waals surface area contributed by atoms with Crippen molar-refractivity contribution in [3.8, 4) is 32.3 Å². The minimum absolute atomic E-state index is 0.111. The number of carbonyl (C=O) groups is 4. The van der Waals surface area contributed by atoms with Gasteiger partial charge < -0.3 is 39.9 Å². The molecule has 332 valence electrons. The summed E-state index contributed by atoms with van der Waals surface area (Å²) in [6.45, 7) is 11.3. The summed E-state index contributed by atoms with van der Waals surface area (Å²) in [4.78, 5) is 74.9. The molecular formula is C47H62N8O6S. The predicted octanol–water partition coefficient (Wildman–Crippen LogP) is 8.68. The number of methoxy groups -OCH3 is 2. The van der Waals surface area contributed by atoms with Gasteiger partial charge in [0.05, 0.1) is 55.0 Å². The molecule has 2 aliphatic heterocycles. The minimum Gasteiger partial charge on any atom is -0.453 e. The smallest absolute Gasteiger partial charge is 0.407 e. The van der Waals surface area contributed by atoms with Crippen molar-refractivity contribution in [2.75, 3.05) is 27.3 Å². The number of hydrogen-bond donors (Lipinski definition) is 4. The van der Waals surface area contributed by atoms with Gasteiger partial charge in [-0.25, -0.2) is 19.6 Å². The number of hydrogen-bond acceptors (Lipinski definition) is 9. The summed E-state index contributed by atoms with van der Waals surface area (Å²) in [6, 6.07) is 7.29. The standard InChI is InChI=1S/C47H62N8O6S/c1-26(2)39(52-45(58)60-6)43(56)54-20-8-10-34(54)41-48-24-32(50-41)30-22-29-16-19-47(17-14-28(5)15-18-47)38(29)31(23-30)36-12-13-37(62-36)33-25-49-42(51-33)35-11-9-21-55(35)44(57)40(27(3)4)53-46(59)61-7/h12-13,22-28,34-35,39-40H,8-11,14-21H2,1-7H3,(H,48,50)(H,49,51)(H,52,58)(H,53,59)/t28?,34-,35-,39-,40-,47?/m0/s1. The molecule has 0 unspecified atom stereocenters. The van der Waals surface area contributed by atoms with Gasteiger partial charge in [0, 0.05) is 23.5 Å². The van der Waals surface area contributed by atoms with E-state index in [9.17, 15) is 19.2 Å². The molecule has 1 aromatic carbocycles. The molecule has 4 aliphatic rings. The number of ether oxygens (including phenoxy) is 2. The zero-order valence-electron chi connectivity index (χ0n) is 37.1. The Balaban J connectivity index is 1.09. The maximum atomic E-state index is 13.9. The van der Waals surface area contributed by atoms with Gasteiger partial charge in [-0.2, -0.15) is 0 Å². The first-order valence-electron chi connectivity index (χ1n) is 22.5. The molecule has 15 heteroatoms. The van der Waals surface area contributed by atoms with Crippen LogP contribution in [0.1, 0.15) is 127 Å². The zero-order valence-corrected chi connectivity index (χ0v) is 38.0. The van der Waals surface area contributed by atoms with Crippen LogP contribution in [-0.4, -0.2) is 93.1 Å². The van der Waals surface area contributed by atoms with Crippen LogP contribution in [0.15, 0.2) is 36.7 Å². The van der Waals surface area contributed by atoms with Crippen molar-refractivity contribution in [3.05, 3.63) is 59.4 Å². The molecule has 1 saturated carbocycles. The Morgan fingerprint density at radius 1 is 0.758 bits per heavy atom. The Morgan fingerprint density at radius 3 is 1.84 bits per heavy atom. The number of aryl methyl sites for hydroxylation is 1. The number of H-pyrrole nitrogens is 2. The van der Waals surface area contributed by atoms with Gasteiger partial charge in [-0.1, -0.05) is 34.6 Å². The highest BCUT2D eigenvalue weighted by Crippen LogP contribution is 2.55. The molecule has 8 rings (SSSR count). The Labute approximate surface area is 368 Å². The normalized spacial score (nSPS) is 23.2.